The number of ether oxygens (including phenoxy) is 1. The van der Waals surface area contributed by atoms with Gasteiger partial charge < -0.3 is 10.5 Å². The molecule has 2 N–H and O–H groups in total. The number of likely N-dealkylation sites (tertiary alicyclic amines) is 1. The van der Waals surface area contributed by atoms with Crippen LogP contribution in [0.15, 0.2) is 24.3 Å². The molecule has 3 atom stereocenters. The third-order valence-electron chi connectivity index (χ3n) is 4.75. The third-order valence-corrected chi connectivity index (χ3v) is 4.75. The Kier molecular flexibility index (Phi) is 3.87. The van der Waals surface area contributed by atoms with Gasteiger partial charge in [-0.15, -0.1) is 0 Å². The van der Waals surface area contributed by atoms with Crippen molar-refractivity contribution in [3.8, 4) is 0 Å². The summed E-state index contributed by atoms with van der Waals surface area (Å²) in [6, 6.07) is 9.57. The Morgan fingerprint density at radius 2 is 2.21 bits per heavy atom. The van der Waals surface area contributed by atoms with Crippen LogP contribution in [0.5, 0.6) is 0 Å². The molecule has 0 bridgehead atoms. The van der Waals surface area contributed by atoms with E-state index in [-0.39, 0.29) is 0 Å². The first-order valence-corrected chi connectivity index (χ1v) is 7.42. The van der Waals surface area contributed by atoms with Crippen molar-refractivity contribution in [1.29, 1.82) is 0 Å². The zero-order chi connectivity index (χ0) is 13.2. The van der Waals surface area contributed by atoms with Crippen LogP contribution in [0.2, 0.25) is 0 Å². The number of nitrogens with two attached hydrogens (primary N) is 1. The molecule has 0 radical (unpaired) electrons. The molecular formula is C16H24N2O. The minimum Gasteiger partial charge on any atom is -0.375 e. The molecule has 104 valence electrons. The molecule has 3 heteroatoms. The lowest BCUT2D eigenvalue weighted by molar-refractivity contribution is -0.0113. The fourth-order valence-electron chi connectivity index (χ4n) is 3.67. The van der Waals surface area contributed by atoms with Gasteiger partial charge in [-0.3, -0.25) is 4.90 Å². The molecule has 1 saturated heterocycles. The van der Waals surface area contributed by atoms with Crippen molar-refractivity contribution in [3.05, 3.63) is 35.4 Å². The summed E-state index contributed by atoms with van der Waals surface area (Å²) in [5.41, 5.74) is 8.81. The maximum absolute atomic E-state index is 6.03. The molecule has 0 saturated carbocycles. The predicted octanol–water partition coefficient (Wildman–Crippen LogP) is 2.32. The highest BCUT2D eigenvalue weighted by atomic mass is 16.5. The van der Waals surface area contributed by atoms with Crippen LogP contribution in [0.4, 0.5) is 0 Å². The number of fused-ring (bicyclic) bond motifs is 1. The van der Waals surface area contributed by atoms with E-state index < -0.39 is 0 Å². The van der Waals surface area contributed by atoms with Crippen LogP contribution in [-0.4, -0.2) is 30.6 Å². The standard InChI is InChI=1S/C16H24N2O/c1-12-5-4-8-18(15(12)9-17)16-11-19-10-13-6-2-3-7-14(13)16/h2-3,6-7,12,15-16H,4-5,8-11,17H2,1H3. The fourth-order valence-corrected chi connectivity index (χ4v) is 3.67. The van der Waals surface area contributed by atoms with E-state index in [1.165, 1.54) is 24.0 Å². The predicted molar refractivity (Wildman–Crippen MR) is 76.8 cm³/mol. The Bertz CT molecular complexity index is 435. The first-order chi connectivity index (χ1) is 9.31. The largest absolute Gasteiger partial charge is 0.375 e. The van der Waals surface area contributed by atoms with Gasteiger partial charge in [0.2, 0.25) is 0 Å². The lowest BCUT2D eigenvalue weighted by atomic mass is 9.87. The molecule has 1 aromatic carbocycles. The lowest BCUT2D eigenvalue weighted by Gasteiger charge is -2.45. The Morgan fingerprint density at radius 3 is 3.05 bits per heavy atom. The smallest absolute Gasteiger partial charge is 0.0721 e. The van der Waals surface area contributed by atoms with Gasteiger partial charge in [-0.2, -0.15) is 0 Å². The first-order valence-electron chi connectivity index (χ1n) is 7.42. The Hall–Kier alpha value is -0.900. The average Bonchev–Trinajstić information content (AvgIpc) is 2.46. The molecule has 3 rings (SSSR count). The molecule has 3 unspecified atom stereocenters. The second kappa shape index (κ2) is 5.61. The van der Waals surface area contributed by atoms with E-state index in [4.69, 9.17) is 10.5 Å². The number of benzene rings is 1. The molecular weight excluding hydrogens is 236 g/mol. The molecule has 0 aromatic heterocycles. The summed E-state index contributed by atoms with van der Waals surface area (Å²) in [4.78, 5) is 2.59. The molecule has 3 nitrogen and oxygen atoms in total. The molecule has 0 amide bonds. The van der Waals surface area contributed by atoms with Crippen LogP contribution in [0, 0.1) is 5.92 Å². The maximum atomic E-state index is 6.03. The van der Waals surface area contributed by atoms with Crippen LogP contribution < -0.4 is 5.73 Å². The Morgan fingerprint density at radius 1 is 1.37 bits per heavy atom. The van der Waals surface area contributed by atoms with Gasteiger partial charge in [-0.1, -0.05) is 31.2 Å². The summed E-state index contributed by atoms with van der Waals surface area (Å²) < 4.78 is 5.81. The SMILES string of the molecule is CC1CCCN(C2COCc3ccccc32)C1CN. The van der Waals surface area contributed by atoms with Gasteiger partial charge in [0.1, 0.15) is 0 Å². The highest BCUT2D eigenvalue weighted by Gasteiger charge is 2.35. The summed E-state index contributed by atoms with van der Waals surface area (Å²) >= 11 is 0. The van der Waals surface area contributed by atoms with E-state index in [0.717, 1.165) is 26.3 Å². The lowest BCUT2D eigenvalue weighted by Crippen LogP contribution is -2.51. The average molecular weight is 260 g/mol. The molecule has 1 fully saturated rings. The van der Waals surface area contributed by atoms with Gasteiger partial charge in [-0.05, 0) is 36.4 Å². The molecule has 0 spiro atoms. The van der Waals surface area contributed by atoms with Crippen molar-refractivity contribution in [2.24, 2.45) is 11.7 Å². The fraction of sp³-hybridized carbons (Fsp3) is 0.625. The molecule has 19 heavy (non-hydrogen) atoms. The van der Waals surface area contributed by atoms with Crippen LogP contribution in [0.1, 0.15) is 36.9 Å². The summed E-state index contributed by atoms with van der Waals surface area (Å²) in [7, 11) is 0. The van der Waals surface area contributed by atoms with Gasteiger partial charge in [-0.25, -0.2) is 0 Å². The molecule has 0 aliphatic carbocycles. The summed E-state index contributed by atoms with van der Waals surface area (Å²) in [6.45, 7) is 5.79. The third kappa shape index (κ3) is 2.42. The first kappa shape index (κ1) is 13.1. The number of rotatable bonds is 2. The van der Waals surface area contributed by atoms with Crippen molar-refractivity contribution < 1.29 is 4.74 Å². The minimum atomic E-state index is 0.390. The van der Waals surface area contributed by atoms with E-state index in [2.05, 4.69) is 36.1 Å². The zero-order valence-corrected chi connectivity index (χ0v) is 11.7. The second-order valence-corrected chi connectivity index (χ2v) is 5.89. The van der Waals surface area contributed by atoms with E-state index in [9.17, 15) is 0 Å². The van der Waals surface area contributed by atoms with Crippen LogP contribution in [0.25, 0.3) is 0 Å². The van der Waals surface area contributed by atoms with E-state index in [0.29, 0.717) is 18.0 Å². The monoisotopic (exact) mass is 260 g/mol. The maximum Gasteiger partial charge on any atom is 0.0721 e. The molecule has 2 aliphatic heterocycles. The van der Waals surface area contributed by atoms with Crippen molar-refractivity contribution >= 4 is 0 Å². The Labute approximate surface area is 115 Å². The van der Waals surface area contributed by atoms with Gasteiger partial charge in [0.15, 0.2) is 0 Å². The van der Waals surface area contributed by atoms with Gasteiger partial charge in [0.05, 0.1) is 19.3 Å². The second-order valence-electron chi connectivity index (χ2n) is 5.89. The van der Waals surface area contributed by atoms with Crippen LogP contribution in [-0.2, 0) is 11.3 Å². The van der Waals surface area contributed by atoms with E-state index >= 15 is 0 Å². The van der Waals surface area contributed by atoms with E-state index in [1.807, 2.05) is 0 Å². The van der Waals surface area contributed by atoms with E-state index in [1.54, 1.807) is 0 Å². The van der Waals surface area contributed by atoms with Gasteiger partial charge in [0.25, 0.3) is 0 Å². The molecule has 2 aliphatic rings. The zero-order valence-electron chi connectivity index (χ0n) is 11.7. The highest BCUT2D eigenvalue weighted by Crippen LogP contribution is 2.35. The number of hydrogen-bond acceptors (Lipinski definition) is 3. The van der Waals surface area contributed by atoms with Crippen molar-refractivity contribution in [1.82, 2.24) is 4.90 Å². The number of nitrogens with zero attached hydrogens (tertiary/aromatic N) is 1. The Balaban J connectivity index is 1.89. The summed E-state index contributed by atoms with van der Waals surface area (Å²) in [5, 5.41) is 0. The highest BCUT2D eigenvalue weighted by molar-refractivity contribution is 5.31. The summed E-state index contributed by atoms with van der Waals surface area (Å²) in [6.07, 6.45) is 2.57. The number of piperidine rings is 1. The number of hydrogen-bond donors (Lipinski definition) is 1. The van der Waals surface area contributed by atoms with Crippen molar-refractivity contribution in [2.45, 2.75) is 38.5 Å². The van der Waals surface area contributed by atoms with Crippen molar-refractivity contribution in [2.75, 3.05) is 19.7 Å². The van der Waals surface area contributed by atoms with Gasteiger partial charge >= 0.3 is 0 Å². The molecule has 2 heterocycles. The minimum absolute atomic E-state index is 0.390. The topological polar surface area (TPSA) is 38.5 Å². The van der Waals surface area contributed by atoms with Crippen molar-refractivity contribution in [3.63, 3.8) is 0 Å². The normalized spacial score (nSPS) is 32.0. The van der Waals surface area contributed by atoms with Crippen LogP contribution >= 0.6 is 0 Å². The van der Waals surface area contributed by atoms with Gasteiger partial charge in [0, 0.05) is 12.6 Å². The van der Waals surface area contributed by atoms with Crippen LogP contribution in [0.3, 0.4) is 0 Å². The molecule has 1 aromatic rings. The summed E-state index contributed by atoms with van der Waals surface area (Å²) in [5.74, 6) is 0.688. The quantitative estimate of drug-likeness (QED) is 0.887.